The first-order valence-corrected chi connectivity index (χ1v) is 6.78. The van der Waals surface area contributed by atoms with Gasteiger partial charge in [0.15, 0.2) is 11.6 Å². The Morgan fingerprint density at radius 3 is 3.00 bits per heavy atom. The van der Waals surface area contributed by atoms with Crippen LogP contribution in [0.5, 0.6) is 0 Å². The smallest absolute Gasteiger partial charge is 0.178 e. The molecule has 18 heavy (non-hydrogen) atoms. The Balaban J connectivity index is 1.98. The molecule has 0 bridgehead atoms. The van der Waals surface area contributed by atoms with Crippen LogP contribution in [0.2, 0.25) is 0 Å². The number of carbonyl (C=O) groups is 1. The van der Waals surface area contributed by atoms with Gasteiger partial charge in [-0.25, -0.2) is 0 Å². The molecule has 98 valence electrons. The molecule has 0 amide bonds. The predicted octanol–water partition coefficient (Wildman–Crippen LogP) is 2.76. The molecule has 2 fully saturated rings. The summed E-state index contributed by atoms with van der Waals surface area (Å²) in [6, 6.07) is 0. The number of fused-ring (bicyclic) bond motifs is 2. The maximum absolute atomic E-state index is 11.6. The minimum Gasteiger partial charge on any atom is -0.346 e. The van der Waals surface area contributed by atoms with Crippen molar-refractivity contribution in [3.8, 4) is 0 Å². The van der Waals surface area contributed by atoms with Gasteiger partial charge in [0.25, 0.3) is 0 Å². The number of ether oxygens (including phenoxy) is 2. The summed E-state index contributed by atoms with van der Waals surface area (Å²) in [7, 11) is 0. The van der Waals surface area contributed by atoms with Gasteiger partial charge in [-0.15, -0.1) is 6.58 Å². The van der Waals surface area contributed by atoms with E-state index in [0.29, 0.717) is 13.0 Å². The fourth-order valence-corrected chi connectivity index (χ4v) is 3.60. The molecule has 1 saturated heterocycles. The molecule has 1 spiro atoms. The first-order chi connectivity index (χ1) is 8.60. The van der Waals surface area contributed by atoms with E-state index in [2.05, 4.69) is 13.5 Å². The third kappa shape index (κ3) is 1.54. The number of hydrogen-bond donors (Lipinski definition) is 0. The van der Waals surface area contributed by atoms with E-state index < -0.39 is 5.79 Å². The van der Waals surface area contributed by atoms with Gasteiger partial charge in [0.1, 0.15) is 6.10 Å². The standard InChI is InChI=1S/C15H20O3/c1-3-13-10-17-15(18-13)7-4-5-11-9-12(16)6-8-14(11,15)2/h3,9,13H,1,4-8,10H2,2H3/t13-,14+,15?/m1/s1. The topological polar surface area (TPSA) is 35.5 Å². The molecule has 0 radical (unpaired) electrons. The van der Waals surface area contributed by atoms with E-state index in [9.17, 15) is 4.79 Å². The minimum atomic E-state index is -0.531. The van der Waals surface area contributed by atoms with Gasteiger partial charge in [0.2, 0.25) is 0 Å². The number of ketones is 1. The number of allylic oxidation sites excluding steroid dienone is 1. The molecule has 3 heteroatoms. The van der Waals surface area contributed by atoms with Crippen molar-refractivity contribution in [3.63, 3.8) is 0 Å². The summed E-state index contributed by atoms with van der Waals surface area (Å²) < 4.78 is 12.2. The summed E-state index contributed by atoms with van der Waals surface area (Å²) in [5.74, 6) is -0.283. The quantitative estimate of drug-likeness (QED) is 0.669. The van der Waals surface area contributed by atoms with Crippen molar-refractivity contribution in [2.45, 2.75) is 50.9 Å². The van der Waals surface area contributed by atoms with Crippen LogP contribution in [0.1, 0.15) is 39.0 Å². The third-order valence-electron chi connectivity index (χ3n) is 4.79. The van der Waals surface area contributed by atoms with Crippen LogP contribution in [-0.4, -0.2) is 24.3 Å². The van der Waals surface area contributed by atoms with Gasteiger partial charge < -0.3 is 9.47 Å². The summed E-state index contributed by atoms with van der Waals surface area (Å²) in [5.41, 5.74) is 1.08. The van der Waals surface area contributed by atoms with E-state index >= 15 is 0 Å². The molecule has 3 nitrogen and oxygen atoms in total. The summed E-state index contributed by atoms with van der Waals surface area (Å²) in [6.07, 6.45) is 8.00. The Labute approximate surface area is 108 Å². The van der Waals surface area contributed by atoms with Gasteiger partial charge in [-0.1, -0.05) is 18.6 Å². The van der Waals surface area contributed by atoms with E-state index in [1.807, 2.05) is 12.2 Å². The van der Waals surface area contributed by atoms with Crippen molar-refractivity contribution in [2.24, 2.45) is 5.41 Å². The van der Waals surface area contributed by atoms with Crippen LogP contribution in [0.15, 0.2) is 24.3 Å². The highest BCUT2D eigenvalue weighted by Crippen LogP contribution is 2.56. The molecule has 1 aliphatic heterocycles. The Morgan fingerprint density at radius 2 is 2.28 bits per heavy atom. The largest absolute Gasteiger partial charge is 0.346 e. The molecule has 1 saturated carbocycles. The third-order valence-corrected chi connectivity index (χ3v) is 4.79. The monoisotopic (exact) mass is 248 g/mol. The van der Waals surface area contributed by atoms with Crippen LogP contribution in [0, 0.1) is 5.41 Å². The van der Waals surface area contributed by atoms with Crippen LogP contribution in [-0.2, 0) is 14.3 Å². The number of rotatable bonds is 1. The molecule has 3 atom stereocenters. The second kappa shape index (κ2) is 4.04. The Bertz CT molecular complexity index is 425. The first-order valence-electron chi connectivity index (χ1n) is 6.78. The lowest BCUT2D eigenvalue weighted by atomic mass is 9.62. The second-order valence-corrected chi connectivity index (χ2v) is 5.78. The average Bonchev–Trinajstić information content (AvgIpc) is 2.78. The molecule has 1 heterocycles. The van der Waals surface area contributed by atoms with Gasteiger partial charge in [-0.05, 0) is 25.3 Å². The van der Waals surface area contributed by atoms with Gasteiger partial charge in [0, 0.05) is 18.3 Å². The highest BCUT2D eigenvalue weighted by atomic mass is 16.7. The Hall–Kier alpha value is -0.930. The van der Waals surface area contributed by atoms with E-state index in [1.165, 1.54) is 5.57 Å². The number of carbonyl (C=O) groups excluding carboxylic acids is 1. The Kier molecular flexibility index (Phi) is 2.72. The zero-order valence-corrected chi connectivity index (χ0v) is 10.9. The van der Waals surface area contributed by atoms with Crippen molar-refractivity contribution < 1.29 is 14.3 Å². The molecule has 3 aliphatic rings. The van der Waals surface area contributed by atoms with Crippen molar-refractivity contribution in [1.82, 2.24) is 0 Å². The maximum Gasteiger partial charge on any atom is 0.178 e. The van der Waals surface area contributed by atoms with Gasteiger partial charge >= 0.3 is 0 Å². The zero-order valence-electron chi connectivity index (χ0n) is 10.9. The summed E-state index contributed by atoms with van der Waals surface area (Å²) in [4.78, 5) is 11.6. The van der Waals surface area contributed by atoms with Crippen LogP contribution < -0.4 is 0 Å². The lowest BCUT2D eigenvalue weighted by Gasteiger charge is -2.51. The molecule has 0 aromatic rings. The van der Waals surface area contributed by atoms with Gasteiger partial charge in [0.05, 0.1) is 6.61 Å². The minimum absolute atomic E-state index is 0.0150. The van der Waals surface area contributed by atoms with Crippen molar-refractivity contribution >= 4 is 5.78 Å². The van der Waals surface area contributed by atoms with Crippen molar-refractivity contribution in [2.75, 3.05) is 6.61 Å². The fourth-order valence-electron chi connectivity index (χ4n) is 3.60. The lowest BCUT2D eigenvalue weighted by molar-refractivity contribution is -0.242. The van der Waals surface area contributed by atoms with Crippen LogP contribution >= 0.6 is 0 Å². The number of hydrogen-bond acceptors (Lipinski definition) is 3. The highest BCUT2D eigenvalue weighted by Gasteiger charge is 2.58. The molecule has 1 unspecified atom stereocenters. The summed E-state index contributed by atoms with van der Waals surface area (Å²) >= 11 is 0. The van der Waals surface area contributed by atoms with Crippen molar-refractivity contribution in [1.29, 1.82) is 0 Å². The van der Waals surface area contributed by atoms with Gasteiger partial charge in [-0.3, -0.25) is 4.79 Å². The molecule has 3 rings (SSSR count). The lowest BCUT2D eigenvalue weighted by Crippen LogP contribution is -2.52. The SMILES string of the molecule is C=C[C@@H]1COC2(CCCC3=CC(=O)CC[C@@]32C)O1. The Morgan fingerprint density at radius 1 is 1.44 bits per heavy atom. The molecule has 0 aromatic heterocycles. The summed E-state index contributed by atoms with van der Waals surface area (Å²) in [5, 5.41) is 0. The van der Waals surface area contributed by atoms with E-state index in [4.69, 9.17) is 9.47 Å². The highest BCUT2D eigenvalue weighted by molar-refractivity contribution is 5.91. The average molecular weight is 248 g/mol. The normalized spacial score (nSPS) is 43.7. The molecular weight excluding hydrogens is 228 g/mol. The van der Waals surface area contributed by atoms with E-state index in [0.717, 1.165) is 25.7 Å². The van der Waals surface area contributed by atoms with Gasteiger partial charge in [-0.2, -0.15) is 0 Å². The zero-order chi connectivity index (χ0) is 12.8. The molecule has 2 aliphatic carbocycles. The fraction of sp³-hybridized carbons (Fsp3) is 0.667. The molecule has 0 aromatic carbocycles. The van der Waals surface area contributed by atoms with Crippen LogP contribution in [0.3, 0.4) is 0 Å². The van der Waals surface area contributed by atoms with E-state index in [1.54, 1.807) is 0 Å². The molecular formula is C15H20O3. The predicted molar refractivity (Wildman–Crippen MR) is 68.0 cm³/mol. The summed E-state index contributed by atoms with van der Waals surface area (Å²) in [6.45, 7) is 6.56. The maximum atomic E-state index is 11.6. The first kappa shape index (κ1) is 12.1. The van der Waals surface area contributed by atoms with E-state index in [-0.39, 0.29) is 17.3 Å². The molecule has 0 N–H and O–H groups in total. The second-order valence-electron chi connectivity index (χ2n) is 5.78. The van der Waals surface area contributed by atoms with Crippen LogP contribution in [0.4, 0.5) is 0 Å². The van der Waals surface area contributed by atoms with Crippen molar-refractivity contribution in [3.05, 3.63) is 24.3 Å². The van der Waals surface area contributed by atoms with Crippen LogP contribution in [0.25, 0.3) is 0 Å².